The summed E-state index contributed by atoms with van der Waals surface area (Å²) in [5, 5.41) is 3.51. The van der Waals surface area contributed by atoms with Crippen LogP contribution in [0.25, 0.3) is 0 Å². The molecule has 0 bridgehead atoms. The summed E-state index contributed by atoms with van der Waals surface area (Å²) in [4.78, 5) is 14.6. The van der Waals surface area contributed by atoms with Gasteiger partial charge in [-0.2, -0.15) is 0 Å². The lowest BCUT2D eigenvalue weighted by atomic mass is 9.84. The van der Waals surface area contributed by atoms with Crippen LogP contribution in [0.2, 0.25) is 0 Å². The Hall–Kier alpha value is -0.570. The van der Waals surface area contributed by atoms with Gasteiger partial charge >= 0.3 is 0 Å². The summed E-state index contributed by atoms with van der Waals surface area (Å²) >= 11 is 0. The molecule has 0 saturated carbocycles. The number of hydrogen-bond acceptors (Lipinski definition) is 2. The molecule has 3 nitrogen and oxygen atoms in total. The van der Waals surface area contributed by atoms with Gasteiger partial charge in [-0.3, -0.25) is 4.79 Å². The number of carbonyl (C=O) groups is 1. The first-order valence-electron chi connectivity index (χ1n) is 8.68. The molecule has 1 rings (SSSR count). The fourth-order valence-electron chi connectivity index (χ4n) is 3.41. The molecule has 3 heteroatoms. The number of hydrogen-bond donors (Lipinski definition) is 1. The van der Waals surface area contributed by atoms with Crippen LogP contribution in [-0.4, -0.2) is 36.5 Å². The van der Waals surface area contributed by atoms with E-state index in [1.54, 1.807) is 0 Å². The monoisotopic (exact) mass is 296 g/mol. The molecular weight excluding hydrogens is 260 g/mol. The van der Waals surface area contributed by atoms with Crippen LogP contribution < -0.4 is 5.32 Å². The minimum atomic E-state index is 0.311. The van der Waals surface area contributed by atoms with Gasteiger partial charge in [0.25, 0.3) is 0 Å². The van der Waals surface area contributed by atoms with E-state index in [1.165, 1.54) is 6.42 Å². The maximum atomic E-state index is 12.5. The zero-order chi connectivity index (χ0) is 16.0. The standard InChI is InChI=1S/C18H36N2O/c1-14(2)19-12-16-8-7-9-20(13-16)17(21)10-15(3)11-18(4,5)6/h14-16,19H,7-13H2,1-6H3. The van der Waals surface area contributed by atoms with Crippen LogP contribution in [0.3, 0.4) is 0 Å². The number of carbonyl (C=O) groups excluding carboxylic acids is 1. The summed E-state index contributed by atoms with van der Waals surface area (Å²) in [5.74, 6) is 1.47. The number of nitrogens with one attached hydrogen (secondary N) is 1. The van der Waals surface area contributed by atoms with E-state index >= 15 is 0 Å². The fraction of sp³-hybridized carbons (Fsp3) is 0.944. The molecule has 2 unspecified atom stereocenters. The van der Waals surface area contributed by atoms with Gasteiger partial charge in [-0.05, 0) is 43.1 Å². The minimum Gasteiger partial charge on any atom is -0.342 e. The molecule has 0 radical (unpaired) electrons. The van der Waals surface area contributed by atoms with Crippen LogP contribution in [-0.2, 0) is 4.79 Å². The van der Waals surface area contributed by atoms with Crippen molar-refractivity contribution in [3.8, 4) is 0 Å². The van der Waals surface area contributed by atoms with Gasteiger partial charge < -0.3 is 10.2 Å². The molecule has 0 aromatic heterocycles. The van der Waals surface area contributed by atoms with Crippen molar-refractivity contribution < 1.29 is 4.79 Å². The average Bonchev–Trinajstić information content (AvgIpc) is 2.34. The number of rotatable bonds is 6. The molecular formula is C18H36N2O. The third-order valence-electron chi connectivity index (χ3n) is 4.17. The molecule has 21 heavy (non-hydrogen) atoms. The maximum Gasteiger partial charge on any atom is 0.222 e. The number of piperidine rings is 1. The first kappa shape index (κ1) is 18.5. The minimum absolute atomic E-state index is 0.311. The summed E-state index contributed by atoms with van der Waals surface area (Å²) < 4.78 is 0. The predicted octanol–water partition coefficient (Wildman–Crippen LogP) is 3.69. The topological polar surface area (TPSA) is 32.3 Å². The Morgan fingerprint density at radius 2 is 1.95 bits per heavy atom. The molecule has 2 atom stereocenters. The summed E-state index contributed by atoms with van der Waals surface area (Å²) in [6, 6.07) is 0.530. The third-order valence-corrected chi connectivity index (χ3v) is 4.17. The van der Waals surface area contributed by atoms with E-state index in [2.05, 4.69) is 51.8 Å². The van der Waals surface area contributed by atoms with Crippen LogP contribution in [0, 0.1) is 17.3 Å². The normalized spacial score (nSPS) is 21.7. The quantitative estimate of drug-likeness (QED) is 0.811. The SMILES string of the molecule is CC(CC(=O)N1CCCC(CNC(C)C)C1)CC(C)(C)C. The molecule has 1 fully saturated rings. The van der Waals surface area contributed by atoms with Crippen LogP contribution in [0.5, 0.6) is 0 Å². The Labute approximate surface area is 131 Å². The zero-order valence-corrected chi connectivity index (χ0v) is 15.0. The molecule has 1 saturated heterocycles. The largest absolute Gasteiger partial charge is 0.342 e. The smallest absolute Gasteiger partial charge is 0.222 e. The second kappa shape index (κ2) is 8.17. The van der Waals surface area contributed by atoms with E-state index < -0.39 is 0 Å². The molecule has 0 aliphatic carbocycles. The average molecular weight is 296 g/mol. The molecule has 124 valence electrons. The number of likely N-dealkylation sites (tertiary alicyclic amines) is 1. The second-order valence-corrected chi connectivity index (χ2v) is 8.49. The van der Waals surface area contributed by atoms with Crippen LogP contribution in [0.4, 0.5) is 0 Å². The highest BCUT2D eigenvalue weighted by Gasteiger charge is 2.25. The van der Waals surface area contributed by atoms with Gasteiger partial charge in [-0.1, -0.05) is 41.5 Å². The van der Waals surface area contributed by atoms with Crippen LogP contribution in [0.1, 0.15) is 67.2 Å². The maximum absolute atomic E-state index is 12.5. The van der Waals surface area contributed by atoms with Gasteiger partial charge in [0.2, 0.25) is 5.91 Å². The van der Waals surface area contributed by atoms with Crippen LogP contribution >= 0.6 is 0 Å². The van der Waals surface area contributed by atoms with Gasteiger partial charge in [0.05, 0.1) is 0 Å². The van der Waals surface area contributed by atoms with E-state index in [4.69, 9.17) is 0 Å². The zero-order valence-electron chi connectivity index (χ0n) is 15.0. The van der Waals surface area contributed by atoms with Gasteiger partial charge in [0.15, 0.2) is 0 Å². The van der Waals surface area contributed by atoms with Gasteiger partial charge in [-0.15, -0.1) is 0 Å². The van der Waals surface area contributed by atoms with Gasteiger partial charge in [0.1, 0.15) is 0 Å². The van der Waals surface area contributed by atoms with Crippen molar-refractivity contribution in [2.45, 2.75) is 73.3 Å². The number of amides is 1. The first-order chi connectivity index (χ1) is 9.67. The van der Waals surface area contributed by atoms with Crippen molar-refractivity contribution in [1.29, 1.82) is 0 Å². The molecule has 0 aromatic rings. The molecule has 1 amide bonds. The molecule has 0 spiro atoms. The lowest BCUT2D eigenvalue weighted by molar-refractivity contribution is -0.134. The Balaban J connectivity index is 2.39. The fourth-order valence-corrected chi connectivity index (χ4v) is 3.41. The molecule has 1 N–H and O–H groups in total. The predicted molar refractivity (Wildman–Crippen MR) is 90.3 cm³/mol. The highest BCUT2D eigenvalue weighted by atomic mass is 16.2. The Kier molecular flexibility index (Phi) is 7.19. The Morgan fingerprint density at radius 1 is 1.29 bits per heavy atom. The lowest BCUT2D eigenvalue weighted by Crippen LogP contribution is -2.44. The van der Waals surface area contributed by atoms with E-state index in [1.807, 2.05) is 0 Å². The second-order valence-electron chi connectivity index (χ2n) is 8.49. The Morgan fingerprint density at radius 3 is 2.52 bits per heavy atom. The lowest BCUT2D eigenvalue weighted by Gasteiger charge is -2.34. The van der Waals surface area contributed by atoms with Gasteiger partial charge in [-0.25, -0.2) is 0 Å². The van der Waals surface area contributed by atoms with Crippen molar-refractivity contribution in [2.75, 3.05) is 19.6 Å². The van der Waals surface area contributed by atoms with E-state index in [0.29, 0.717) is 35.6 Å². The summed E-state index contributed by atoms with van der Waals surface area (Å²) in [6.07, 6.45) is 4.23. The molecule has 0 aromatic carbocycles. The van der Waals surface area contributed by atoms with Crippen molar-refractivity contribution in [1.82, 2.24) is 10.2 Å². The van der Waals surface area contributed by atoms with Crippen molar-refractivity contribution in [3.05, 3.63) is 0 Å². The van der Waals surface area contributed by atoms with E-state index in [-0.39, 0.29) is 0 Å². The van der Waals surface area contributed by atoms with Crippen molar-refractivity contribution in [2.24, 2.45) is 17.3 Å². The summed E-state index contributed by atoms with van der Waals surface area (Å²) in [7, 11) is 0. The highest BCUT2D eigenvalue weighted by molar-refractivity contribution is 5.76. The van der Waals surface area contributed by atoms with Gasteiger partial charge in [0, 0.05) is 25.6 Å². The Bertz CT molecular complexity index is 320. The van der Waals surface area contributed by atoms with E-state index in [0.717, 1.165) is 32.5 Å². The van der Waals surface area contributed by atoms with Crippen LogP contribution in [0.15, 0.2) is 0 Å². The molecule has 1 aliphatic heterocycles. The van der Waals surface area contributed by atoms with E-state index in [9.17, 15) is 4.79 Å². The molecule has 1 aliphatic rings. The van der Waals surface area contributed by atoms with Crippen molar-refractivity contribution >= 4 is 5.91 Å². The highest BCUT2D eigenvalue weighted by Crippen LogP contribution is 2.27. The first-order valence-corrected chi connectivity index (χ1v) is 8.68. The summed E-state index contributed by atoms with van der Waals surface area (Å²) in [5.41, 5.74) is 0.311. The third kappa shape index (κ3) is 7.85. The molecule has 1 heterocycles. The summed E-state index contributed by atoms with van der Waals surface area (Å²) in [6.45, 7) is 16.3. The number of nitrogens with zero attached hydrogens (tertiary/aromatic N) is 1. The van der Waals surface area contributed by atoms with Crippen molar-refractivity contribution in [3.63, 3.8) is 0 Å².